The van der Waals surface area contributed by atoms with Crippen molar-refractivity contribution in [2.75, 3.05) is 6.61 Å². The largest absolute Gasteiger partial charge is 0.462 e. The summed E-state index contributed by atoms with van der Waals surface area (Å²) in [4.78, 5) is 15.8. The predicted octanol–water partition coefficient (Wildman–Crippen LogP) is 2.86. The Balaban J connectivity index is 2.05. The molecule has 16 heavy (non-hydrogen) atoms. The number of pyridine rings is 1. The van der Waals surface area contributed by atoms with Crippen LogP contribution in [0.2, 0.25) is 5.15 Å². The van der Waals surface area contributed by atoms with E-state index in [1.165, 1.54) is 12.8 Å². The Morgan fingerprint density at radius 1 is 1.56 bits per heavy atom. The minimum atomic E-state index is -0.300. The molecule has 1 aromatic rings. The Bertz CT molecular complexity index is 402. The molecule has 4 heteroatoms. The SMILES string of the molecule is CCc1cc(C(=O)OCC2CC2)cc(Cl)n1. The lowest BCUT2D eigenvalue weighted by molar-refractivity contribution is 0.0486. The smallest absolute Gasteiger partial charge is 0.338 e. The summed E-state index contributed by atoms with van der Waals surface area (Å²) in [7, 11) is 0. The third-order valence-corrected chi connectivity index (χ3v) is 2.79. The zero-order chi connectivity index (χ0) is 11.5. The Morgan fingerprint density at radius 3 is 2.94 bits per heavy atom. The van der Waals surface area contributed by atoms with Crippen LogP contribution in [-0.4, -0.2) is 17.6 Å². The summed E-state index contributed by atoms with van der Waals surface area (Å²) in [5.74, 6) is 0.276. The van der Waals surface area contributed by atoms with Crippen molar-refractivity contribution in [2.24, 2.45) is 5.92 Å². The van der Waals surface area contributed by atoms with Crippen molar-refractivity contribution in [1.29, 1.82) is 0 Å². The summed E-state index contributed by atoms with van der Waals surface area (Å²) in [5.41, 5.74) is 1.31. The van der Waals surface area contributed by atoms with Crippen molar-refractivity contribution < 1.29 is 9.53 Å². The van der Waals surface area contributed by atoms with Gasteiger partial charge in [0.25, 0.3) is 0 Å². The first kappa shape index (κ1) is 11.4. The molecular formula is C12H14ClNO2. The molecule has 0 atom stereocenters. The molecule has 0 unspecified atom stereocenters. The van der Waals surface area contributed by atoms with Crippen LogP contribution in [0.4, 0.5) is 0 Å². The van der Waals surface area contributed by atoms with Crippen LogP contribution in [0.15, 0.2) is 12.1 Å². The number of aromatic nitrogens is 1. The maximum Gasteiger partial charge on any atom is 0.338 e. The third kappa shape index (κ3) is 2.95. The normalized spacial score (nSPS) is 14.9. The van der Waals surface area contributed by atoms with Crippen LogP contribution < -0.4 is 0 Å². The van der Waals surface area contributed by atoms with Gasteiger partial charge in [-0.05, 0) is 37.3 Å². The van der Waals surface area contributed by atoms with E-state index in [0.717, 1.165) is 12.1 Å². The van der Waals surface area contributed by atoms with Gasteiger partial charge in [-0.2, -0.15) is 0 Å². The number of aryl methyl sites for hydroxylation is 1. The molecule has 1 fully saturated rings. The number of hydrogen-bond acceptors (Lipinski definition) is 3. The molecule has 3 nitrogen and oxygen atoms in total. The molecule has 0 aliphatic heterocycles. The van der Waals surface area contributed by atoms with Gasteiger partial charge in [0.15, 0.2) is 0 Å². The molecule has 0 saturated heterocycles. The maximum absolute atomic E-state index is 11.7. The van der Waals surface area contributed by atoms with E-state index in [2.05, 4.69) is 4.98 Å². The summed E-state index contributed by atoms with van der Waals surface area (Å²) in [6.07, 6.45) is 3.10. The van der Waals surface area contributed by atoms with Crippen molar-refractivity contribution in [3.05, 3.63) is 28.5 Å². The number of rotatable bonds is 4. The lowest BCUT2D eigenvalue weighted by Gasteiger charge is -2.05. The van der Waals surface area contributed by atoms with E-state index >= 15 is 0 Å². The number of ether oxygens (including phenoxy) is 1. The molecule has 1 aliphatic carbocycles. The molecule has 0 aromatic carbocycles. The van der Waals surface area contributed by atoms with Gasteiger partial charge in [0.05, 0.1) is 12.2 Å². The van der Waals surface area contributed by atoms with Crippen molar-refractivity contribution in [1.82, 2.24) is 4.98 Å². The molecule has 2 rings (SSSR count). The van der Waals surface area contributed by atoms with E-state index in [1.54, 1.807) is 12.1 Å². The van der Waals surface area contributed by atoms with Crippen LogP contribution in [0, 0.1) is 5.92 Å². The van der Waals surface area contributed by atoms with Gasteiger partial charge in [0.2, 0.25) is 0 Å². The van der Waals surface area contributed by atoms with E-state index in [0.29, 0.717) is 23.2 Å². The minimum Gasteiger partial charge on any atom is -0.462 e. The van der Waals surface area contributed by atoms with E-state index in [-0.39, 0.29) is 5.97 Å². The Kier molecular flexibility index (Phi) is 3.44. The van der Waals surface area contributed by atoms with Gasteiger partial charge >= 0.3 is 5.97 Å². The van der Waals surface area contributed by atoms with E-state index < -0.39 is 0 Å². The minimum absolute atomic E-state index is 0.300. The zero-order valence-corrected chi connectivity index (χ0v) is 9.96. The number of halogens is 1. The Labute approximate surface area is 99.8 Å². The van der Waals surface area contributed by atoms with Crippen molar-refractivity contribution in [2.45, 2.75) is 26.2 Å². The number of hydrogen-bond donors (Lipinski definition) is 0. The third-order valence-electron chi connectivity index (χ3n) is 2.59. The fourth-order valence-corrected chi connectivity index (χ4v) is 1.64. The molecule has 86 valence electrons. The molecule has 1 saturated carbocycles. The number of esters is 1. The maximum atomic E-state index is 11.7. The van der Waals surface area contributed by atoms with Gasteiger partial charge in [-0.3, -0.25) is 0 Å². The average molecular weight is 240 g/mol. The highest BCUT2D eigenvalue weighted by Gasteiger charge is 2.23. The molecule has 0 bridgehead atoms. The van der Waals surface area contributed by atoms with Crippen molar-refractivity contribution in [3.8, 4) is 0 Å². The second-order valence-electron chi connectivity index (χ2n) is 4.07. The predicted molar refractivity (Wildman–Crippen MR) is 61.6 cm³/mol. The lowest BCUT2D eigenvalue weighted by atomic mass is 10.2. The van der Waals surface area contributed by atoms with Crippen LogP contribution in [0.3, 0.4) is 0 Å². The van der Waals surface area contributed by atoms with Gasteiger partial charge in [-0.1, -0.05) is 18.5 Å². The monoisotopic (exact) mass is 239 g/mol. The topological polar surface area (TPSA) is 39.2 Å². The van der Waals surface area contributed by atoms with Crippen LogP contribution in [-0.2, 0) is 11.2 Å². The van der Waals surface area contributed by atoms with Gasteiger partial charge in [0, 0.05) is 5.69 Å². The first-order chi connectivity index (χ1) is 7.69. The summed E-state index contributed by atoms with van der Waals surface area (Å²) in [6.45, 7) is 2.50. The number of nitrogens with zero attached hydrogens (tertiary/aromatic N) is 1. The lowest BCUT2D eigenvalue weighted by Crippen LogP contribution is -2.08. The van der Waals surface area contributed by atoms with E-state index in [9.17, 15) is 4.79 Å². The zero-order valence-electron chi connectivity index (χ0n) is 9.20. The molecule has 0 radical (unpaired) electrons. The first-order valence-electron chi connectivity index (χ1n) is 5.52. The molecule has 0 N–H and O–H groups in total. The molecule has 0 spiro atoms. The second-order valence-corrected chi connectivity index (χ2v) is 4.45. The van der Waals surface area contributed by atoms with Crippen LogP contribution in [0.5, 0.6) is 0 Å². The molecule has 1 aromatic heterocycles. The Morgan fingerprint density at radius 2 is 2.31 bits per heavy atom. The molecule has 1 heterocycles. The molecule has 0 amide bonds. The number of carbonyl (C=O) groups is 1. The van der Waals surface area contributed by atoms with E-state index in [4.69, 9.17) is 16.3 Å². The fraction of sp³-hybridized carbons (Fsp3) is 0.500. The Hall–Kier alpha value is -1.09. The fourth-order valence-electron chi connectivity index (χ4n) is 1.41. The van der Waals surface area contributed by atoms with Gasteiger partial charge in [0.1, 0.15) is 5.15 Å². The average Bonchev–Trinajstić information content (AvgIpc) is 3.08. The quantitative estimate of drug-likeness (QED) is 0.599. The second kappa shape index (κ2) is 4.83. The highest BCUT2D eigenvalue weighted by atomic mass is 35.5. The summed E-state index contributed by atoms with van der Waals surface area (Å²) in [5, 5.41) is 0.345. The summed E-state index contributed by atoms with van der Waals surface area (Å²) in [6, 6.07) is 3.29. The van der Waals surface area contributed by atoms with Crippen molar-refractivity contribution in [3.63, 3.8) is 0 Å². The molecule has 1 aliphatic rings. The van der Waals surface area contributed by atoms with Gasteiger partial charge in [-0.15, -0.1) is 0 Å². The van der Waals surface area contributed by atoms with E-state index in [1.807, 2.05) is 6.92 Å². The first-order valence-corrected chi connectivity index (χ1v) is 5.90. The van der Waals surface area contributed by atoms with Crippen LogP contribution in [0.1, 0.15) is 35.8 Å². The van der Waals surface area contributed by atoms with Crippen molar-refractivity contribution >= 4 is 17.6 Å². The number of carbonyl (C=O) groups excluding carboxylic acids is 1. The van der Waals surface area contributed by atoms with Crippen LogP contribution in [0.25, 0.3) is 0 Å². The molecular weight excluding hydrogens is 226 g/mol. The van der Waals surface area contributed by atoms with Gasteiger partial charge in [-0.25, -0.2) is 9.78 Å². The summed E-state index contributed by atoms with van der Waals surface area (Å²) >= 11 is 5.83. The van der Waals surface area contributed by atoms with Crippen LogP contribution >= 0.6 is 11.6 Å². The highest BCUT2D eigenvalue weighted by molar-refractivity contribution is 6.29. The highest BCUT2D eigenvalue weighted by Crippen LogP contribution is 2.29. The summed E-state index contributed by atoms with van der Waals surface area (Å²) < 4.78 is 5.18. The standard InChI is InChI=1S/C12H14ClNO2/c1-2-10-5-9(6-11(13)14-10)12(15)16-7-8-3-4-8/h5-6,8H,2-4,7H2,1H3. The van der Waals surface area contributed by atoms with Gasteiger partial charge < -0.3 is 4.74 Å².